The van der Waals surface area contributed by atoms with Crippen LogP contribution in [0.5, 0.6) is 0 Å². The van der Waals surface area contributed by atoms with Gasteiger partial charge in [0.2, 0.25) is 0 Å². The smallest absolute Gasteiger partial charge is 0.410 e. The zero-order chi connectivity index (χ0) is 16.2. The maximum absolute atomic E-state index is 12.2. The molecule has 1 aliphatic heterocycles. The first-order valence-corrected chi connectivity index (χ1v) is 7.52. The Morgan fingerprint density at radius 2 is 2.00 bits per heavy atom. The Morgan fingerprint density at radius 3 is 2.48 bits per heavy atom. The molecular formula is C15H28N2O4. The molecule has 0 aromatic heterocycles. The van der Waals surface area contributed by atoms with Gasteiger partial charge in [0, 0.05) is 19.1 Å². The Balaban J connectivity index is 2.56. The molecule has 1 aliphatic rings. The molecule has 1 amide bonds. The highest BCUT2D eigenvalue weighted by Gasteiger charge is 2.30. The van der Waals surface area contributed by atoms with E-state index in [4.69, 9.17) is 9.84 Å². The van der Waals surface area contributed by atoms with E-state index in [0.29, 0.717) is 12.5 Å². The molecule has 1 atom stereocenters. The topological polar surface area (TPSA) is 70.1 Å². The van der Waals surface area contributed by atoms with Crippen molar-refractivity contribution in [3.05, 3.63) is 0 Å². The van der Waals surface area contributed by atoms with Crippen LogP contribution in [0.3, 0.4) is 0 Å². The third-order valence-corrected chi connectivity index (χ3v) is 3.44. The standard InChI is InChI=1S/C15H28N2O4/c1-11(2)17(14(20)21-15(3,4)5)9-12-6-7-16(8-12)10-13(18)19/h11-12H,6-10H2,1-5H3,(H,18,19)/t12-/m0/s1. The predicted octanol–water partition coefficient (Wildman–Crippen LogP) is 2.04. The number of carboxylic acids is 1. The summed E-state index contributed by atoms with van der Waals surface area (Å²) in [6.07, 6.45) is 0.619. The SMILES string of the molecule is CC(C)N(C[C@H]1CCN(CC(=O)O)C1)C(=O)OC(C)(C)C. The minimum Gasteiger partial charge on any atom is -0.480 e. The quantitative estimate of drug-likeness (QED) is 0.841. The van der Waals surface area contributed by atoms with E-state index in [2.05, 4.69) is 0 Å². The molecule has 1 fully saturated rings. The first-order chi connectivity index (χ1) is 9.58. The van der Waals surface area contributed by atoms with Crippen molar-refractivity contribution in [3.8, 4) is 0 Å². The average Bonchev–Trinajstić information content (AvgIpc) is 2.69. The molecular weight excluding hydrogens is 272 g/mol. The van der Waals surface area contributed by atoms with Crippen molar-refractivity contribution < 1.29 is 19.4 Å². The summed E-state index contributed by atoms with van der Waals surface area (Å²) in [5.74, 6) is -0.497. The van der Waals surface area contributed by atoms with Gasteiger partial charge in [-0.1, -0.05) is 0 Å². The van der Waals surface area contributed by atoms with Crippen LogP contribution in [0.15, 0.2) is 0 Å². The molecule has 0 radical (unpaired) electrons. The molecule has 1 N–H and O–H groups in total. The second kappa shape index (κ2) is 7.11. The van der Waals surface area contributed by atoms with Crippen LogP contribution in [0, 0.1) is 5.92 Å². The van der Waals surface area contributed by atoms with Gasteiger partial charge in [0.05, 0.1) is 6.54 Å². The lowest BCUT2D eigenvalue weighted by Crippen LogP contribution is -2.44. The predicted molar refractivity (Wildman–Crippen MR) is 80.3 cm³/mol. The largest absolute Gasteiger partial charge is 0.480 e. The van der Waals surface area contributed by atoms with Gasteiger partial charge in [-0.05, 0) is 53.5 Å². The number of likely N-dealkylation sites (tertiary alicyclic amines) is 1. The van der Waals surface area contributed by atoms with Crippen LogP contribution >= 0.6 is 0 Å². The molecule has 122 valence electrons. The van der Waals surface area contributed by atoms with Gasteiger partial charge in [0.1, 0.15) is 5.60 Å². The Kier molecular flexibility index (Phi) is 6.01. The van der Waals surface area contributed by atoms with E-state index >= 15 is 0 Å². The molecule has 0 aliphatic carbocycles. The van der Waals surface area contributed by atoms with Gasteiger partial charge in [-0.15, -0.1) is 0 Å². The number of carbonyl (C=O) groups is 2. The second-order valence-electron chi connectivity index (χ2n) is 7.01. The van der Waals surface area contributed by atoms with Gasteiger partial charge in [-0.2, -0.15) is 0 Å². The fourth-order valence-electron chi connectivity index (χ4n) is 2.49. The summed E-state index contributed by atoms with van der Waals surface area (Å²) in [6.45, 7) is 11.7. The second-order valence-corrected chi connectivity index (χ2v) is 7.01. The molecule has 1 heterocycles. The Hall–Kier alpha value is -1.30. The Labute approximate surface area is 127 Å². The molecule has 1 saturated heterocycles. The fourth-order valence-corrected chi connectivity index (χ4v) is 2.49. The molecule has 21 heavy (non-hydrogen) atoms. The maximum atomic E-state index is 12.2. The molecule has 6 heteroatoms. The van der Waals surface area contributed by atoms with Crippen molar-refractivity contribution >= 4 is 12.1 Å². The molecule has 0 aromatic rings. The molecule has 1 rings (SSSR count). The highest BCUT2D eigenvalue weighted by molar-refractivity contribution is 5.69. The van der Waals surface area contributed by atoms with Crippen molar-refractivity contribution in [3.63, 3.8) is 0 Å². The Bertz CT molecular complexity index is 376. The third kappa shape index (κ3) is 6.33. The first-order valence-electron chi connectivity index (χ1n) is 7.52. The van der Waals surface area contributed by atoms with E-state index in [-0.39, 0.29) is 18.7 Å². The van der Waals surface area contributed by atoms with E-state index < -0.39 is 11.6 Å². The number of nitrogens with zero attached hydrogens (tertiary/aromatic N) is 2. The lowest BCUT2D eigenvalue weighted by Gasteiger charge is -2.32. The van der Waals surface area contributed by atoms with Gasteiger partial charge in [0.15, 0.2) is 0 Å². The van der Waals surface area contributed by atoms with Crippen molar-refractivity contribution in [1.29, 1.82) is 0 Å². The molecule has 0 aromatic carbocycles. The van der Waals surface area contributed by atoms with E-state index in [1.807, 2.05) is 39.5 Å². The third-order valence-electron chi connectivity index (χ3n) is 3.44. The summed E-state index contributed by atoms with van der Waals surface area (Å²) in [5, 5.41) is 8.82. The zero-order valence-electron chi connectivity index (χ0n) is 13.8. The van der Waals surface area contributed by atoms with Crippen LogP contribution in [0.1, 0.15) is 41.0 Å². The maximum Gasteiger partial charge on any atom is 0.410 e. The summed E-state index contributed by atoms with van der Waals surface area (Å²) in [6, 6.07) is 0.0633. The molecule has 0 spiro atoms. The fraction of sp³-hybridized carbons (Fsp3) is 0.867. The normalized spacial score (nSPS) is 19.8. The summed E-state index contributed by atoms with van der Waals surface area (Å²) in [4.78, 5) is 26.6. The highest BCUT2D eigenvalue weighted by Crippen LogP contribution is 2.20. The molecule has 0 saturated carbocycles. The minimum atomic E-state index is -0.802. The van der Waals surface area contributed by atoms with Gasteiger partial charge >= 0.3 is 12.1 Å². The van der Waals surface area contributed by atoms with Crippen molar-refractivity contribution in [2.75, 3.05) is 26.2 Å². The van der Waals surface area contributed by atoms with E-state index in [9.17, 15) is 9.59 Å². The van der Waals surface area contributed by atoms with Crippen molar-refractivity contribution in [1.82, 2.24) is 9.80 Å². The summed E-state index contributed by atoms with van der Waals surface area (Å²) >= 11 is 0. The number of hydrogen-bond donors (Lipinski definition) is 1. The number of carboxylic acid groups (broad SMARTS) is 1. The number of carbonyl (C=O) groups excluding carboxylic acids is 1. The van der Waals surface area contributed by atoms with Gasteiger partial charge in [-0.25, -0.2) is 4.79 Å². The summed E-state index contributed by atoms with van der Waals surface area (Å²) in [7, 11) is 0. The average molecular weight is 300 g/mol. The van der Waals surface area contributed by atoms with Crippen LogP contribution in [-0.4, -0.2) is 64.8 Å². The number of ether oxygens (including phenoxy) is 1. The van der Waals surface area contributed by atoms with Crippen LogP contribution in [0.25, 0.3) is 0 Å². The number of hydrogen-bond acceptors (Lipinski definition) is 4. The lowest BCUT2D eigenvalue weighted by molar-refractivity contribution is -0.138. The number of aliphatic carboxylic acids is 1. The number of rotatable bonds is 5. The Morgan fingerprint density at radius 1 is 1.38 bits per heavy atom. The van der Waals surface area contributed by atoms with Gasteiger partial charge < -0.3 is 14.7 Å². The van der Waals surface area contributed by atoms with Gasteiger partial charge in [-0.3, -0.25) is 9.69 Å². The minimum absolute atomic E-state index is 0.0633. The van der Waals surface area contributed by atoms with Gasteiger partial charge in [0.25, 0.3) is 0 Å². The number of amides is 1. The highest BCUT2D eigenvalue weighted by atomic mass is 16.6. The van der Waals surface area contributed by atoms with Crippen LogP contribution in [0.4, 0.5) is 4.79 Å². The van der Waals surface area contributed by atoms with Crippen molar-refractivity contribution in [2.24, 2.45) is 5.92 Å². The summed E-state index contributed by atoms with van der Waals surface area (Å²) < 4.78 is 5.44. The molecule has 6 nitrogen and oxygen atoms in total. The lowest BCUT2D eigenvalue weighted by atomic mass is 10.1. The van der Waals surface area contributed by atoms with Crippen LogP contribution in [-0.2, 0) is 9.53 Å². The van der Waals surface area contributed by atoms with Crippen LogP contribution in [0.2, 0.25) is 0 Å². The summed E-state index contributed by atoms with van der Waals surface area (Å²) in [5.41, 5.74) is -0.505. The molecule has 0 bridgehead atoms. The van der Waals surface area contributed by atoms with E-state index in [1.54, 1.807) is 4.90 Å². The van der Waals surface area contributed by atoms with Crippen molar-refractivity contribution in [2.45, 2.75) is 52.7 Å². The first kappa shape index (κ1) is 17.8. The zero-order valence-corrected chi connectivity index (χ0v) is 13.8. The van der Waals surface area contributed by atoms with E-state index in [1.165, 1.54) is 0 Å². The molecule has 0 unspecified atom stereocenters. The van der Waals surface area contributed by atoms with E-state index in [0.717, 1.165) is 19.5 Å². The van der Waals surface area contributed by atoms with Crippen LogP contribution < -0.4 is 0 Å². The monoisotopic (exact) mass is 300 g/mol.